The molecular formula is C9H17NO3S. The fourth-order valence-electron chi connectivity index (χ4n) is 1.65. The maximum atomic E-state index is 11.8. The van der Waals surface area contributed by atoms with E-state index in [0.29, 0.717) is 23.8 Å². The monoisotopic (exact) mass is 219 g/mol. The molecule has 1 aliphatic rings. The van der Waals surface area contributed by atoms with Gasteiger partial charge in [0.05, 0.1) is 7.11 Å². The van der Waals surface area contributed by atoms with Crippen LogP contribution in [0.1, 0.15) is 19.3 Å². The fraction of sp³-hybridized carbons (Fsp3) is 0.889. The van der Waals surface area contributed by atoms with Crippen LogP contribution in [0.4, 0.5) is 0 Å². The third-order valence-corrected chi connectivity index (χ3v) is 5.12. The van der Waals surface area contributed by atoms with E-state index >= 15 is 0 Å². The lowest BCUT2D eigenvalue weighted by Gasteiger charge is -2.23. The molecule has 14 heavy (non-hydrogen) atoms. The van der Waals surface area contributed by atoms with Gasteiger partial charge in [-0.05, 0) is 18.8 Å². The zero-order valence-electron chi connectivity index (χ0n) is 8.69. The van der Waals surface area contributed by atoms with E-state index < -0.39 is 9.73 Å². The van der Waals surface area contributed by atoms with Crippen LogP contribution in [0.15, 0.2) is 4.36 Å². The van der Waals surface area contributed by atoms with E-state index in [1.165, 1.54) is 7.11 Å². The second kappa shape index (κ2) is 4.77. The van der Waals surface area contributed by atoms with Crippen molar-refractivity contribution in [2.45, 2.75) is 19.3 Å². The molecule has 0 aliphatic carbocycles. The SMILES string of the molecule is CN=S1(=O)CCC(CC(=O)OC)CC1. The molecule has 4 nitrogen and oxygen atoms in total. The van der Waals surface area contributed by atoms with Crippen LogP contribution in [0.5, 0.6) is 0 Å². The predicted molar refractivity (Wildman–Crippen MR) is 55.6 cm³/mol. The smallest absolute Gasteiger partial charge is 0.305 e. The highest BCUT2D eigenvalue weighted by Gasteiger charge is 2.23. The first-order valence-corrected chi connectivity index (χ1v) is 6.62. The number of hydrogen-bond donors (Lipinski definition) is 0. The lowest BCUT2D eigenvalue weighted by Crippen LogP contribution is -2.25. The van der Waals surface area contributed by atoms with E-state index in [9.17, 15) is 9.00 Å². The van der Waals surface area contributed by atoms with Gasteiger partial charge in [0, 0.05) is 34.7 Å². The number of esters is 1. The van der Waals surface area contributed by atoms with Crippen LogP contribution >= 0.6 is 0 Å². The number of ether oxygens (including phenoxy) is 1. The lowest BCUT2D eigenvalue weighted by atomic mass is 9.99. The summed E-state index contributed by atoms with van der Waals surface area (Å²) >= 11 is 0. The summed E-state index contributed by atoms with van der Waals surface area (Å²) < 4.78 is 20.3. The lowest BCUT2D eigenvalue weighted by molar-refractivity contribution is -0.141. The zero-order chi connectivity index (χ0) is 10.6. The summed E-state index contributed by atoms with van der Waals surface area (Å²) in [6.45, 7) is 0. The van der Waals surface area contributed by atoms with Gasteiger partial charge in [0.1, 0.15) is 0 Å². The molecule has 1 aliphatic heterocycles. The Hall–Kier alpha value is -0.580. The van der Waals surface area contributed by atoms with Gasteiger partial charge in [-0.2, -0.15) is 0 Å². The summed E-state index contributed by atoms with van der Waals surface area (Å²) in [5.74, 6) is 1.42. The topological polar surface area (TPSA) is 55.7 Å². The van der Waals surface area contributed by atoms with E-state index in [2.05, 4.69) is 9.10 Å². The molecule has 0 unspecified atom stereocenters. The van der Waals surface area contributed by atoms with Crippen LogP contribution in [-0.2, 0) is 19.3 Å². The third kappa shape index (κ3) is 2.97. The van der Waals surface area contributed by atoms with Crippen molar-refractivity contribution in [3.63, 3.8) is 0 Å². The predicted octanol–water partition coefficient (Wildman–Crippen LogP) is 1.06. The largest absolute Gasteiger partial charge is 0.469 e. The number of carbonyl (C=O) groups excluding carboxylic acids is 1. The van der Waals surface area contributed by atoms with Crippen molar-refractivity contribution in [3.05, 3.63) is 0 Å². The van der Waals surface area contributed by atoms with Crippen LogP contribution in [-0.4, -0.2) is 35.8 Å². The molecule has 1 fully saturated rings. The third-order valence-electron chi connectivity index (χ3n) is 2.71. The van der Waals surface area contributed by atoms with E-state index in [1.807, 2.05) is 0 Å². The molecule has 1 saturated heterocycles. The molecule has 0 N–H and O–H groups in total. The van der Waals surface area contributed by atoms with E-state index in [4.69, 9.17) is 0 Å². The van der Waals surface area contributed by atoms with Gasteiger partial charge < -0.3 is 4.74 Å². The van der Waals surface area contributed by atoms with Gasteiger partial charge in [0.2, 0.25) is 0 Å². The molecule has 5 heteroatoms. The summed E-state index contributed by atoms with van der Waals surface area (Å²) in [6, 6.07) is 0. The number of methoxy groups -OCH3 is 1. The summed E-state index contributed by atoms with van der Waals surface area (Å²) in [6.07, 6.45) is 2.10. The molecule has 0 radical (unpaired) electrons. The molecule has 0 atom stereocenters. The Balaban J connectivity index is 2.44. The quantitative estimate of drug-likeness (QED) is 0.652. The van der Waals surface area contributed by atoms with Crippen LogP contribution in [0.3, 0.4) is 0 Å². The van der Waals surface area contributed by atoms with Crippen molar-refractivity contribution >= 4 is 15.7 Å². The minimum absolute atomic E-state index is 0.170. The zero-order valence-corrected chi connectivity index (χ0v) is 9.51. The molecular weight excluding hydrogens is 202 g/mol. The van der Waals surface area contributed by atoms with Gasteiger partial charge >= 0.3 is 5.97 Å². The number of carbonyl (C=O) groups is 1. The van der Waals surface area contributed by atoms with Gasteiger partial charge in [-0.1, -0.05) is 0 Å². The molecule has 1 rings (SSSR count). The maximum absolute atomic E-state index is 11.8. The Morgan fingerprint density at radius 2 is 2.07 bits per heavy atom. The van der Waals surface area contributed by atoms with Crippen molar-refractivity contribution in [3.8, 4) is 0 Å². The number of nitrogens with zero attached hydrogens (tertiary/aromatic N) is 1. The second-order valence-corrected chi connectivity index (χ2v) is 6.31. The standard InChI is InChI=1S/C9H17NO3S/c1-10-14(12)5-3-8(4-6-14)7-9(11)13-2/h8H,3-7H2,1-2H3. The highest BCUT2D eigenvalue weighted by Crippen LogP contribution is 2.23. The Kier molecular flexibility index (Phi) is 3.92. The van der Waals surface area contributed by atoms with Crippen molar-refractivity contribution in [2.24, 2.45) is 10.3 Å². The summed E-state index contributed by atoms with van der Waals surface area (Å²) in [5.41, 5.74) is 0. The number of rotatable bonds is 2. The van der Waals surface area contributed by atoms with Gasteiger partial charge in [-0.3, -0.25) is 4.79 Å². The average Bonchev–Trinajstić information content (AvgIpc) is 2.21. The van der Waals surface area contributed by atoms with Crippen LogP contribution < -0.4 is 0 Å². The molecule has 82 valence electrons. The molecule has 0 aromatic carbocycles. The Labute approximate surface area is 85.2 Å². The van der Waals surface area contributed by atoms with E-state index in [-0.39, 0.29) is 5.97 Å². The van der Waals surface area contributed by atoms with Crippen molar-refractivity contribution < 1.29 is 13.7 Å². The second-order valence-electron chi connectivity index (χ2n) is 3.59. The Bertz CT molecular complexity index is 304. The minimum atomic E-state index is -1.93. The Morgan fingerprint density at radius 3 is 2.50 bits per heavy atom. The van der Waals surface area contributed by atoms with E-state index in [0.717, 1.165) is 12.8 Å². The van der Waals surface area contributed by atoms with Crippen LogP contribution in [0.25, 0.3) is 0 Å². The summed E-state index contributed by atoms with van der Waals surface area (Å²) in [4.78, 5) is 11.0. The first kappa shape index (κ1) is 11.5. The van der Waals surface area contributed by atoms with Gasteiger partial charge in [-0.15, -0.1) is 0 Å². The van der Waals surface area contributed by atoms with Gasteiger partial charge in [0.15, 0.2) is 0 Å². The van der Waals surface area contributed by atoms with Gasteiger partial charge in [0.25, 0.3) is 0 Å². The van der Waals surface area contributed by atoms with Crippen LogP contribution in [0.2, 0.25) is 0 Å². The molecule has 0 aromatic rings. The first-order chi connectivity index (χ1) is 6.59. The van der Waals surface area contributed by atoms with Crippen molar-refractivity contribution in [1.29, 1.82) is 0 Å². The Morgan fingerprint density at radius 1 is 1.50 bits per heavy atom. The van der Waals surface area contributed by atoms with Crippen molar-refractivity contribution in [2.75, 3.05) is 25.7 Å². The summed E-state index contributed by atoms with van der Waals surface area (Å²) in [7, 11) is 1.08. The highest BCUT2D eigenvalue weighted by molar-refractivity contribution is 7.93. The average molecular weight is 219 g/mol. The van der Waals surface area contributed by atoms with Crippen molar-refractivity contribution in [1.82, 2.24) is 0 Å². The van der Waals surface area contributed by atoms with Crippen LogP contribution in [0, 0.1) is 5.92 Å². The summed E-state index contributed by atoms with van der Waals surface area (Å²) in [5, 5.41) is 0. The molecule has 0 amide bonds. The molecule has 0 spiro atoms. The molecule has 1 heterocycles. The first-order valence-electron chi connectivity index (χ1n) is 4.77. The normalized spacial score (nSPS) is 32.3. The minimum Gasteiger partial charge on any atom is -0.469 e. The van der Waals surface area contributed by atoms with Gasteiger partial charge in [-0.25, -0.2) is 8.57 Å². The highest BCUT2D eigenvalue weighted by atomic mass is 32.2. The molecule has 0 aromatic heterocycles. The fourth-order valence-corrected chi connectivity index (χ4v) is 3.63. The van der Waals surface area contributed by atoms with E-state index in [1.54, 1.807) is 7.05 Å². The molecule has 0 bridgehead atoms. The number of hydrogen-bond acceptors (Lipinski definition) is 4. The maximum Gasteiger partial charge on any atom is 0.305 e. The molecule has 0 saturated carbocycles.